The lowest BCUT2D eigenvalue weighted by Gasteiger charge is -2.30. The van der Waals surface area contributed by atoms with E-state index in [9.17, 15) is 4.79 Å². The van der Waals surface area contributed by atoms with E-state index in [0.717, 1.165) is 12.0 Å². The minimum Gasteiger partial charge on any atom is -0.466 e. The van der Waals surface area contributed by atoms with Crippen LogP contribution in [0.3, 0.4) is 0 Å². The number of carbonyl (C=O) groups is 1. The van der Waals surface area contributed by atoms with Crippen LogP contribution < -0.4 is 0 Å². The van der Waals surface area contributed by atoms with E-state index in [-0.39, 0.29) is 17.8 Å². The molecule has 3 nitrogen and oxygen atoms in total. The van der Waals surface area contributed by atoms with Gasteiger partial charge in [0.2, 0.25) is 0 Å². The van der Waals surface area contributed by atoms with Crippen molar-refractivity contribution in [1.82, 2.24) is 0 Å². The lowest BCUT2D eigenvalue weighted by Crippen LogP contribution is -2.32. The van der Waals surface area contributed by atoms with Crippen molar-refractivity contribution in [3.63, 3.8) is 0 Å². The first-order chi connectivity index (χ1) is 8.33. The molecule has 0 unspecified atom stereocenters. The van der Waals surface area contributed by atoms with Crippen molar-refractivity contribution in [2.75, 3.05) is 19.8 Å². The van der Waals surface area contributed by atoms with Crippen LogP contribution in [0.25, 0.3) is 0 Å². The Bertz CT molecular complexity index is 361. The van der Waals surface area contributed by atoms with Gasteiger partial charge in [0.1, 0.15) is 0 Å². The Morgan fingerprint density at radius 3 is 2.88 bits per heavy atom. The molecule has 0 N–H and O–H groups in total. The van der Waals surface area contributed by atoms with Crippen LogP contribution in [0.5, 0.6) is 0 Å². The zero-order chi connectivity index (χ0) is 12.1. The number of hydrogen-bond acceptors (Lipinski definition) is 3. The predicted octanol–water partition coefficient (Wildman–Crippen LogP) is 2.37. The molecule has 17 heavy (non-hydrogen) atoms. The van der Waals surface area contributed by atoms with Crippen molar-refractivity contribution in [3.8, 4) is 0 Å². The molecule has 0 bridgehead atoms. The average molecular weight is 234 g/mol. The molecule has 1 aliphatic rings. The zero-order valence-corrected chi connectivity index (χ0v) is 10.1. The molecule has 1 aromatic carbocycles. The molecule has 1 heterocycles. The molecule has 0 saturated carbocycles. The van der Waals surface area contributed by atoms with Gasteiger partial charge in [-0.05, 0) is 18.9 Å². The second-order valence-corrected chi connectivity index (χ2v) is 4.24. The highest BCUT2D eigenvalue weighted by atomic mass is 16.5. The summed E-state index contributed by atoms with van der Waals surface area (Å²) in [5, 5.41) is 0. The van der Waals surface area contributed by atoms with E-state index in [1.165, 1.54) is 0 Å². The highest BCUT2D eigenvalue weighted by molar-refractivity contribution is 5.74. The Labute approximate surface area is 102 Å². The van der Waals surface area contributed by atoms with Crippen molar-refractivity contribution in [2.24, 2.45) is 5.92 Å². The van der Waals surface area contributed by atoms with Crippen molar-refractivity contribution in [2.45, 2.75) is 19.3 Å². The zero-order valence-electron chi connectivity index (χ0n) is 10.1. The highest BCUT2D eigenvalue weighted by Crippen LogP contribution is 2.32. The van der Waals surface area contributed by atoms with Gasteiger partial charge in [0.15, 0.2) is 0 Å². The summed E-state index contributed by atoms with van der Waals surface area (Å²) in [5.41, 5.74) is 1.16. The summed E-state index contributed by atoms with van der Waals surface area (Å²) >= 11 is 0. The van der Waals surface area contributed by atoms with Gasteiger partial charge >= 0.3 is 5.97 Å². The van der Waals surface area contributed by atoms with E-state index in [4.69, 9.17) is 9.47 Å². The standard InChI is InChI=1S/C14H18O3/c1-2-17-14(15)12-8-9-16-10-13(12)11-6-4-3-5-7-11/h3-7,12-13H,2,8-10H2,1H3/t12-,13+/m0/s1. The lowest BCUT2D eigenvalue weighted by atomic mass is 9.83. The lowest BCUT2D eigenvalue weighted by molar-refractivity contribution is -0.152. The number of hydrogen-bond donors (Lipinski definition) is 0. The van der Waals surface area contributed by atoms with Crippen LogP contribution in [0.1, 0.15) is 24.8 Å². The van der Waals surface area contributed by atoms with Gasteiger partial charge in [-0.25, -0.2) is 0 Å². The maximum absolute atomic E-state index is 11.9. The molecule has 0 spiro atoms. The second-order valence-electron chi connectivity index (χ2n) is 4.24. The van der Waals surface area contributed by atoms with Gasteiger partial charge in [-0.3, -0.25) is 4.79 Å². The van der Waals surface area contributed by atoms with E-state index in [1.54, 1.807) is 0 Å². The fourth-order valence-electron chi connectivity index (χ4n) is 2.30. The fourth-order valence-corrected chi connectivity index (χ4v) is 2.30. The van der Waals surface area contributed by atoms with Gasteiger partial charge in [-0.15, -0.1) is 0 Å². The van der Waals surface area contributed by atoms with E-state index in [0.29, 0.717) is 19.8 Å². The summed E-state index contributed by atoms with van der Waals surface area (Å²) in [6.45, 7) is 3.53. The number of benzene rings is 1. The Hall–Kier alpha value is -1.35. The van der Waals surface area contributed by atoms with E-state index in [2.05, 4.69) is 0 Å². The van der Waals surface area contributed by atoms with Crippen LogP contribution in [-0.4, -0.2) is 25.8 Å². The third-order valence-electron chi connectivity index (χ3n) is 3.17. The molecule has 92 valence electrons. The maximum atomic E-state index is 11.9. The largest absolute Gasteiger partial charge is 0.466 e. The molecule has 1 fully saturated rings. The molecule has 3 heteroatoms. The Kier molecular flexibility index (Phi) is 4.15. The van der Waals surface area contributed by atoms with Crippen LogP contribution in [0, 0.1) is 5.92 Å². The van der Waals surface area contributed by atoms with Crippen molar-refractivity contribution in [3.05, 3.63) is 35.9 Å². The Morgan fingerprint density at radius 2 is 2.18 bits per heavy atom. The topological polar surface area (TPSA) is 35.5 Å². The summed E-state index contributed by atoms with van der Waals surface area (Å²) in [6.07, 6.45) is 0.748. The van der Waals surface area contributed by atoms with Crippen LogP contribution in [0.15, 0.2) is 30.3 Å². The third-order valence-corrected chi connectivity index (χ3v) is 3.17. The molecule has 0 aromatic heterocycles. The molecule has 0 aliphatic carbocycles. The van der Waals surface area contributed by atoms with Crippen LogP contribution in [0.4, 0.5) is 0 Å². The maximum Gasteiger partial charge on any atom is 0.309 e. The minimum atomic E-state index is -0.0929. The van der Waals surface area contributed by atoms with E-state index >= 15 is 0 Å². The monoisotopic (exact) mass is 234 g/mol. The molecule has 0 radical (unpaired) electrons. The average Bonchev–Trinajstić information content (AvgIpc) is 2.40. The van der Waals surface area contributed by atoms with Crippen LogP contribution >= 0.6 is 0 Å². The number of carbonyl (C=O) groups excluding carboxylic acids is 1. The molecule has 2 atom stereocenters. The van der Waals surface area contributed by atoms with Gasteiger partial charge in [0.05, 0.1) is 19.1 Å². The minimum absolute atomic E-state index is 0.0638. The summed E-state index contributed by atoms with van der Waals surface area (Å²) < 4.78 is 10.6. The smallest absolute Gasteiger partial charge is 0.309 e. The molecule has 1 aliphatic heterocycles. The summed E-state index contributed by atoms with van der Waals surface area (Å²) in [7, 11) is 0. The number of rotatable bonds is 3. The van der Waals surface area contributed by atoms with E-state index < -0.39 is 0 Å². The molecule has 1 aromatic rings. The molecular formula is C14H18O3. The summed E-state index contributed by atoms with van der Waals surface area (Å²) in [4.78, 5) is 11.9. The van der Waals surface area contributed by atoms with Crippen molar-refractivity contribution in [1.29, 1.82) is 0 Å². The Morgan fingerprint density at radius 1 is 1.41 bits per heavy atom. The van der Waals surface area contributed by atoms with Crippen LogP contribution in [0.2, 0.25) is 0 Å². The van der Waals surface area contributed by atoms with Crippen molar-refractivity contribution >= 4 is 5.97 Å². The fraction of sp³-hybridized carbons (Fsp3) is 0.500. The van der Waals surface area contributed by atoms with Gasteiger partial charge in [-0.1, -0.05) is 30.3 Å². The molecule has 2 rings (SSSR count). The first-order valence-corrected chi connectivity index (χ1v) is 6.12. The quantitative estimate of drug-likeness (QED) is 0.753. The third kappa shape index (κ3) is 2.86. The van der Waals surface area contributed by atoms with Gasteiger partial charge in [0.25, 0.3) is 0 Å². The number of esters is 1. The van der Waals surface area contributed by atoms with Gasteiger partial charge in [0, 0.05) is 12.5 Å². The highest BCUT2D eigenvalue weighted by Gasteiger charge is 2.33. The van der Waals surface area contributed by atoms with Gasteiger partial charge in [-0.2, -0.15) is 0 Å². The molecule has 1 saturated heterocycles. The Balaban J connectivity index is 2.15. The normalized spacial score (nSPS) is 24.3. The summed E-state index contributed by atoms with van der Waals surface area (Å²) in [5.74, 6) is -0.0280. The molecule has 0 amide bonds. The SMILES string of the molecule is CCOC(=O)[C@H]1CCOC[C@@H]1c1ccccc1. The van der Waals surface area contributed by atoms with Gasteiger partial charge < -0.3 is 9.47 Å². The van der Waals surface area contributed by atoms with Crippen LogP contribution in [-0.2, 0) is 14.3 Å². The summed E-state index contributed by atoms with van der Waals surface area (Å²) in [6, 6.07) is 10.1. The molecular weight excluding hydrogens is 216 g/mol. The van der Waals surface area contributed by atoms with Crippen molar-refractivity contribution < 1.29 is 14.3 Å². The first-order valence-electron chi connectivity index (χ1n) is 6.12. The second kappa shape index (κ2) is 5.82. The predicted molar refractivity (Wildman–Crippen MR) is 64.7 cm³/mol. The number of ether oxygens (including phenoxy) is 2. The van der Waals surface area contributed by atoms with E-state index in [1.807, 2.05) is 37.3 Å². The first kappa shape index (κ1) is 12.1.